The monoisotopic (exact) mass is 266 g/mol. The molecule has 0 fully saturated rings. The molecule has 0 spiro atoms. The molecule has 1 aliphatic rings. The van der Waals surface area contributed by atoms with Crippen molar-refractivity contribution in [1.82, 2.24) is 25.0 Å². The highest BCUT2D eigenvalue weighted by Crippen LogP contribution is 2.31. The lowest BCUT2D eigenvalue weighted by atomic mass is 10.0. The third kappa shape index (κ3) is 1.63. The number of hydrogen-bond acceptors (Lipinski definition) is 6. The normalized spacial score (nSPS) is 23.0. The summed E-state index contributed by atoms with van der Waals surface area (Å²) in [5.41, 5.74) is 6.48. The quantitative estimate of drug-likeness (QED) is 0.608. The van der Waals surface area contributed by atoms with Crippen LogP contribution >= 0.6 is 11.6 Å². The Bertz CT molecular complexity index is 624. The molecule has 2 heterocycles. The molecule has 3 N–H and O–H groups in total. The van der Waals surface area contributed by atoms with Crippen molar-refractivity contribution in [2.45, 2.75) is 12.5 Å². The Morgan fingerprint density at radius 3 is 3.11 bits per heavy atom. The molecule has 0 saturated carbocycles. The summed E-state index contributed by atoms with van der Waals surface area (Å²) >= 11 is 5.94. The van der Waals surface area contributed by atoms with Gasteiger partial charge in [0.05, 0.1) is 6.04 Å². The first-order chi connectivity index (χ1) is 8.70. The minimum Gasteiger partial charge on any atom is -0.396 e. The van der Waals surface area contributed by atoms with E-state index in [0.29, 0.717) is 11.2 Å². The first-order valence-electron chi connectivity index (χ1n) is 5.52. The molecular formula is C10H11ClN6O. The van der Waals surface area contributed by atoms with Crippen LogP contribution in [0.1, 0.15) is 12.5 Å². The zero-order chi connectivity index (χ0) is 12.7. The third-order valence-electron chi connectivity index (χ3n) is 3.07. The lowest BCUT2D eigenvalue weighted by Gasteiger charge is -2.16. The topological polar surface area (TPSA) is 103 Å². The maximum absolute atomic E-state index is 9.33. The number of allylic oxidation sites excluding steroid dienone is 2. The number of nitrogens with two attached hydrogens (primary N) is 1. The van der Waals surface area contributed by atoms with Crippen LogP contribution in [0.3, 0.4) is 0 Å². The molecule has 2 aromatic heterocycles. The molecule has 0 aromatic carbocycles. The Balaban J connectivity index is 2.15. The van der Waals surface area contributed by atoms with Crippen molar-refractivity contribution in [3.63, 3.8) is 0 Å². The van der Waals surface area contributed by atoms with Gasteiger partial charge in [0.25, 0.3) is 0 Å². The van der Waals surface area contributed by atoms with Crippen molar-refractivity contribution in [3.8, 4) is 0 Å². The Hall–Kier alpha value is -1.73. The summed E-state index contributed by atoms with van der Waals surface area (Å²) in [5.74, 6) is 0.156. The van der Waals surface area contributed by atoms with Crippen molar-refractivity contribution in [2.24, 2.45) is 5.92 Å². The van der Waals surface area contributed by atoms with Crippen LogP contribution in [0.15, 0.2) is 12.2 Å². The molecule has 94 valence electrons. The summed E-state index contributed by atoms with van der Waals surface area (Å²) in [4.78, 5) is 7.94. The highest BCUT2D eigenvalue weighted by Gasteiger charge is 2.27. The lowest BCUT2D eigenvalue weighted by Crippen LogP contribution is -2.19. The Morgan fingerprint density at radius 1 is 1.50 bits per heavy atom. The van der Waals surface area contributed by atoms with Gasteiger partial charge in [0, 0.05) is 12.5 Å². The molecule has 0 amide bonds. The highest BCUT2D eigenvalue weighted by molar-refractivity contribution is 6.33. The Kier molecular flexibility index (Phi) is 2.64. The number of halogens is 1. The van der Waals surface area contributed by atoms with Crippen LogP contribution < -0.4 is 5.73 Å². The fraction of sp³-hybridized carbons (Fsp3) is 0.400. The van der Waals surface area contributed by atoms with Gasteiger partial charge in [-0.05, 0) is 6.42 Å². The van der Waals surface area contributed by atoms with Gasteiger partial charge in [0.2, 0.25) is 5.95 Å². The first-order valence-corrected chi connectivity index (χ1v) is 5.90. The largest absolute Gasteiger partial charge is 0.396 e. The van der Waals surface area contributed by atoms with Crippen LogP contribution in [-0.4, -0.2) is 36.7 Å². The van der Waals surface area contributed by atoms with Crippen LogP contribution in [-0.2, 0) is 0 Å². The van der Waals surface area contributed by atoms with Gasteiger partial charge < -0.3 is 10.8 Å². The van der Waals surface area contributed by atoms with Gasteiger partial charge in [-0.1, -0.05) is 29.0 Å². The molecule has 8 heteroatoms. The predicted octanol–water partition coefficient (Wildman–Crippen LogP) is 0.566. The van der Waals surface area contributed by atoms with E-state index in [2.05, 4.69) is 20.3 Å². The van der Waals surface area contributed by atoms with Crippen LogP contribution in [0, 0.1) is 5.92 Å². The molecule has 0 aliphatic heterocycles. The molecular weight excluding hydrogens is 256 g/mol. The number of hydrogen-bond donors (Lipinski definition) is 2. The molecule has 0 radical (unpaired) electrons. The number of anilines is 1. The molecule has 18 heavy (non-hydrogen) atoms. The van der Waals surface area contributed by atoms with Crippen LogP contribution in [0.4, 0.5) is 5.95 Å². The number of aromatic nitrogens is 5. The summed E-state index contributed by atoms with van der Waals surface area (Å²) in [7, 11) is 0. The Morgan fingerprint density at radius 2 is 2.33 bits per heavy atom. The van der Waals surface area contributed by atoms with Crippen molar-refractivity contribution in [2.75, 3.05) is 12.3 Å². The number of rotatable bonds is 2. The fourth-order valence-corrected chi connectivity index (χ4v) is 2.38. The summed E-state index contributed by atoms with van der Waals surface area (Å²) in [6, 6.07) is -0.0784. The number of aliphatic hydroxyl groups is 1. The van der Waals surface area contributed by atoms with E-state index < -0.39 is 0 Å². The summed E-state index contributed by atoms with van der Waals surface area (Å²) in [6.45, 7) is 0.0767. The van der Waals surface area contributed by atoms with Crippen molar-refractivity contribution >= 4 is 28.7 Å². The second-order valence-electron chi connectivity index (χ2n) is 4.18. The first kappa shape index (κ1) is 11.4. The average Bonchev–Trinajstić information content (AvgIpc) is 2.93. The van der Waals surface area contributed by atoms with Gasteiger partial charge in [0.15, 0.2) is 16.3 Å². The zero-order valence-corrected chi connectivity index (χ0v) is 10.1. The lowest BCUT2D eigenvalue weighted by molar-refractivity contribution is 0.199. The van der Waals surface area contributed by atoms with Gasteiger partial charge in [-0.2, -0.15) is 9.97 Å². The molecule has 0 saturated heterocycles. The molecule has 2 unspecified atom stereocenters. The standard InChI is InChI=1S/C10H11ClN6O/c11-8-7-9(14-10(12)13-8)17(16-15-7)6-3-1-2-5(6)4-18/h1,3,5-6,18H,2,4H2,(H2,12,13,14). The van der Waals surface area contributed by atoms with E-state index in [9.17, 15) is 5.11 Å². The minimum absolute atomic E-state index is 0.0739. The van der Waals surface area contributed by atoms with Crippen molar-refractivity contribution < 1.29 is 5.11 Å². The molecule has 7 nitrogen and oxygen atoms in total. The van der Waals surface area contributed by atoms with Gasteiger partial charge in [-0.3, -0.25) is 0 Å². The van der Waals surface area contributed by atoms with E-state index in [4.69, 9.17) is 17.3 Å². The maximum Gasteiger partial charge on any atom is 0.223 e. The predicted molar refractivity (Wildman–Crippen MR) is 65.9 cm³/mol. The summed E-state index contributed by atoms with van der Waals surface area (Å²) in [5, 5.41) is 17.5. The second kappa shape index (κ2) is 4.18. The van der Waals surface area contributed by atoms with E-state index in [1.165, 1.54) is 0 Å². The smallest absolute Gasteiger partial charge is 0.223 e. The number of nitrogens with zero attached hydrogens (tertiary/aromatic N) is 5. The number of nitrogen functional groups attached to an aromatic ring is 1. The van der Waals surface area contributed by atoms with Crippen molar-refractivity contribution in [3.05, 3.63) is 17.3 Å². The van der Waals surface area contributed by atoms with Crippen molar-refractivity contribution in [1.29, 1.82) is 0 Å². The van der Waals surface area contributed by atoms with Gasteiger partial charge >= 0.3 is 0 Å². The third-order valence-corrected chi connectivity index (χ3v) is 3.33. The fourth-order valence-electron chi connectivity index (χ4n) is 2.17. The van der Waals surface area contributed by atoms with Crippen LogP contribution in [0.25, 0.3) is 11.2 Å². The summed E-state index contributed by atoms with van der Waals surface area (Å²) < 4.78 is 1.63. The van der Waals surface area contributed by atoms with Crippen LogP contribution in [0.2, 0.25) is 5.15 Å². The van der Waals surface area contributed by atoms with E-state index >= 15 is 0 Å². The number of fused-ring (bicyclic) bond motifs is 1. The highest BCUT2D eigenvalue weighted by atomic mass is 35.5. The SMILES string of the molecule is Nc1nc(Cl)c2nnn(C3C=CCC3CO)c2n1. The zero-order valence-electron chi connectivity index (χ0n) is 9.36. The van der Waals surface area contributed by atoms with Gasteiger partial charge in [0.1, 0.15) is 0 Å². The second-order valence-corrected chi connectivity index (χ2v) is 4.53. The van der Waals surface area contributed by atoms with Crippen LogP contribution in [0.5, 0.6) is 0 Å². The number of aliphatic hydroxyl groups excluding tert-OH is 1. The molecule has 2 aromatic rings. The van der Waals surface area contributed by atoms with Gasteiger partial charge in [-0.25, -0.2) is 4.68 Å². The molecule has 3 rings (SSSR count). The molecule has 2 atom stereocenters. The average molecular weight is 267 g/mol. The maximum atomic E-state index is 9.33. The summed E-state index contributed by atoms with van der Waals surface area (Å²) in [6.07, 6.45) is 4.78. The minimum atomic E-state index is -0.0784. The van der Waals surface area contributed by atoms with E-state index in [1.807, 2.05) is 12.2 Å². The van der Waals surface area contributed by atoms with E-state index in [1.54, 1.807) is 4.68 Å². The van der Waals surface area contributed by atoms with E-state index in [-0.39, 0.29) is 29.7 Å². The Labute approximate surface area is 107 Å². The van der Waals surface area contributed by atoms with E-state index in [0.717, 1.165) is 6.42 Å². The molecule has 0 bridgehead atoms. The molecule has 1 aliphatic carbocycles. The van der Waals surface area contributed by atoms with Gasteiger partial charge in [-0.15, -0.1) is 5.10 Å².